The molecule has 9 nitrogen and oxygen atoms in total. The van der Waals surface area contributed by atoms with E-state index in [2.05, 4.69) is 4.57 Å². The fraction of sp³-hybridized carbons (Fsp3) is 0.161. The second kappa shape index (κ2) is 12.6. The normalized spacial score (nSPS) is 14.1. The Hall–Kier alpha value is -4.48. The van der Waals surface area contributed by atoms with Gasteiger partial charge in [0.15, 0.2) is 11.5 Å². The van der Waals surface area contributed by atoms with Crippen LogP contribution in [0.15, 0.2) is 93.6 Å². The van der Waals surface area contributed by atoms with Gasteiger partial charge in [-0.2, -0.15) is 0 Å². The zero-order chi connectivity index (χ0) is 29.8. The molecule has 4 aromatic rings. The Balaban J connectivity index is 1.26. The number of methoxy groups -OCH3 is 1. The average molecular weight is 602 g/mol. The maximum atomic E-state index is 13.1. The van der Waals surface area contributed by atoms with Crippen molar-refractivity contribution in [3.63, 3.8) is 0 Å². The lowest BCUT2D eigenvalue weighted by atomic mass is 10.2. The van der Waals surface area contributed by atoms with Crippen LogP contribution < -0.4 is 9.47 Å². The van der Waals surface area contributed by atoms with Gasteiger partial charge in [-0.25, -0.2) is 0 Å². The number of benzene rings is 3. The summed E-state index contributed by atoms with van der Waals surface area (Å²) in [4.78, 5) is 39.7. The molecule has 0 N–H and O–H groups in total. The first kappa shape index (κ1) is 29.0. The van der Waals surface area contributed by atoms with Crippen LogP contribution in [0.1, 0.15) is 17.0 Å². The van der Waals surface area contributed by atoms with E-state index < -0.39 is 4.92 Å². The van der Waals surface area contributed by atoms with E-state index in [-0.39, 0.29) is 30.0 Å². The number of aryl methyl sites for hydroxylation is 1. The van der Waals surface area contributed by atoms with Crippen LogP contribution in [-0.4, -0.2) is 45.8 Å². The van der Waals surface area contributed by atoms with Gasteiger partial charge in [0.2, 0.25) is 0 Å². The third-order valence-corrected chi connectivity index (χ3v) is 8.57. The number of non-ortho nitro benzene ring substituents is 1. The average Bonchev–Trinajstić information content (AvgIpc) is 3.42. The van der Waals surface area contributed by atoms with Gasteiger partial charge in [-0.15, -0.1) is 0 Å². The van der Waals surface area contributed by atoms with Gasteiger partial charge in [-0.05, 0) is 91.8 Å². The molecule has 11 heteroatoms. The van der Waals surface area contributed by atoms with Crippen molar-refractivity contribution >= 4 is 46.4 Å². The highest BCUT2D eigenvalue weighted by molar-refractivity contribution is 8.18. The van der Waals surface area contributed by atoms with Crippen molar-refractivity contribution in [2.24, 2.45) is 0 Å². The number of imide groups is 1. The van der Waals surface area contributed by atoms with Crippen molar-refractivity contribution in [2.45, 2.75) is 23.6 Å². The fourth-order valence-corrected chi connectivity index (χ4v) is 6.26. The summed E-state index contributed by atoms with van der Waals surface area (Å²) in [5.74, 6) is 0.791. The van der Waals surface area contributed by atoms with Crippen LogP contribution in [0.2, 0.25) is 0 Å². The highest BCUT2D eigenvalue weighted by Crippen LogP contribution is 2.35. The molecule has 1 aromatic heterocycles. The van der Waals surface area contributed by atoms with Gasteiger partial charge in [0.05, 0.1) is 23.5 Å². The molecule has 0 aliphatic carbocycles. The minimum Gasteiger partial charge on any atom is -0.493 e. The number of amides is 2. The highest BCUT2D eigenvalue weighted by Gasteiger charge is 2.35. The molecule has 2 amide bonds. The largest absolute Gasteiger partial charge is 0.493 e. The van der Waals surface area contributed by atoms with Gasteiger partial charge < -0.3 is 14.0 Å². The van der Waals surface area contributed by atoms with Crippen molar-refractivity contribution < 1.29 is 24.0 Å². The number of para-hydroxylation sites is 2. The Kier molecular flexibility index (Phi) is 8.69. The van der Waals surface area contributed by atoms with Crippen LogP contribution in [0.3, 0.4) is 0 Å². The number of nitro groups is 1. The van der Waals surface area contributed by atoms with Crippen LogP contribution in [-0.2, 0) is 4.79 Å². The molecule has 0 radical (unpaired) electrons. The molecule has 1 saturated heterocycles. The standard InChI is InChI=1S/C31H27N3O6S2/c1-20-18-22(19-29-30(35)32(31(36)42-29)16-17-40-28-7-5-4-6-27(28)39-3)21(2)33(20)23-8-12-25(13-9-23)41-26-14-10-24(11-15-26)34(37)38/h4-15,18-19H,16-17H2,1-3H3/b29-19-. The quantitative estimate of drug-likeness (QED) is 0.106. The van der Waals surface area contributed by atoms with E-state index in [1.807, 2.05) is 56.3 Å². The van der Waals surface area contributed by atoms with Crippen molar-refractivity contribution in [3.8, 4) is 17.2 Å². The molecule has 1 aliphatic rings. The number of hydrogen-bond acceptors (Lipinski definition) is 8. The van der Waals surface area contributed by atoms with E-state index in [1.54, 1.807) is 37.5 Å². The third-order valence-electron chi connectivity index (χ3n) is 6.65. The zero-order valence-electron chi connectivity index (χ0n) is 23.1. The Morgan fingerprint density at radius 1 is 0.952 bits per heavy atom. The predicted molar refractivity (Wildman–Crippen MR) is 164 cm³/mol. The minimum atomic E-state index is -0.412. The number of aromatic nitrogens is 1. The Labute approximate surface area is 251 Å². The number of hydrogen-bond donors (Lipinski definition) is 0. The maximum absolute atomic E-state index is 13.1. The van der Waals surface area contributed by atoms with Crippen molar-refractivity contribution in [1.29, 1.82) is 0 Å². The fourth-order valence-electron chi connectivity index (χ4n) is 4.59. The number of ether oxygens (including phenoxy) is 2. The summed E-state index contributed by atoms with van der Waals surface area (Å²) >= 11 is 2.44. The molecule has 42 heavy (non-hydrogen) atoms. The lowest BCUT2D eigenvalue weighted by Gasteiger charge is -2.14. The first-order chi connectivity index (χ1) is 20.2. The molecule has 0 spiro atoms. The lowest BCUT2D eigenvalue weighted by molar-refractivity contribution is -0.384. The number of nitrogens with zero attached hydrogens (tertiary/aromatic N) is 3. The van der Waals surface area contributed by atoms with E-state index in [9.17, 15) is 19.7 Å². The molecular formula is C31H27N3O6S2. The van der Waals surface area contributed by atoms with Crippen molar-refractivity contribution in [2.75, 3.05) is 20.3 Å². The SMILES string of the molecule is COc1ccccc1OCCN1C(=O)S/C(=C\c2cc(C)n(-c3ccc(Sc4ccc([N+](=O)[O-])cc4)cc3)c2C)C1=O. The lowest BCUT2D eigenvalue weighted by Crippen LogP contribution is -2.32. The van der Waals surface area contributed by atoms with Crippen LogP contribution in [0, 0.1) is 24.0 Å². The minimum absolute atomic E-state index is 0.0620. The second-order valence-corrected chi connectivity index (χ2v) is 11.5. The van der Waals surface area contributed by atoms with Crippen LogP contribution in [0.5, 0.6) is 11.5 Å². The first-order valence-corrected chi connectivity index (χ1v) is 14.6. The third kappa shape index (κ3) is 6.22. The number of thioether (sulfide) groups is 1. The molecule has 5 rings (SSSR count). The van der Waals surface area contributed by atoms with E-state index in [1.165, 1.54) is 28.8 Å². The van der Waals surface area contributed by atoms with Crippen LogP contribution >= 0.6 is 23.5 Å². The number of nitro benzene ring substituents is 1. The van der Waals surface area contributed by atoms with Crippen molar-refractivity contribution in [3.05, 3.63) is 111 Å². The van der Waals surface area contributed by atoms with Crippen molar-refractivity contribution in [1.82, 2.24) is 9.47 Å². The summed E-state index contributed by atoms with van der Waals surface area (Å²) in [6.45, 7) is 4.25. The van der Waals surface area contributed by atoms with E-state index in [4.69, 9.17) is 9.47 Å². The molecule has 0 unspecified atom stereocenters. The molecular weight excluding hydrogens is 574 g/mol. The second-order valence-electron chi connectivity index (χ2n) is 9.34. The predicted octanol–water partition coefficient (Wildman–Crippen LogP) is 7.28. The van der Waals surface area contributed by atoms with Gasteiger partial charge >= 0.3 is 0 Å². The Bertz CT molecular complexity index is 1680. The summed E-state index contributed by atoms with van der Waals surface area (Å²) < 4.78 is 13.1. The molecule has 1 fully saturated rings. The zero-order valence-corrected chi connectivity index (χ0v) is 24.7. The maximum Gasteiger partial charge on any atom is 0.293 e. The summed E-state index contributed by atoms with van der Waals surface area (Å²) in [7, 11) is 1.55. The summed E-state index contributed by atoms with van der Waals surface area (Å²) in [5, 5.41) is 10.6. The van der Waals surface area contributed by atoms with Gasteiger partial charge in [0, 0.05) is 39.0 Å². The summed E-state index contributed by atoms with van der Waals surface area (Å²) in [6.07, 6.45) is 1.77. The number of carbonyl (C=O) groups is 2. The van der Waals surface area contributed by atoms with Crippen LogP contribution in [0.4, 0.5) is 10.5 Å². The Morgan fingerprint density at radius 2 is 1.60 bits per heavy atom. The monoisotopic (exact) mass is 601 g/mol. The van der Waals surface area contributed by atoms with Gasteiger partial charge in [-0.1, -0.05) is 23.9 Å². The molecule has 0 atom stereocenters. The molecule has 2 heterocycles. The highest BCUT2D eigenvalue weighted by atomic mass is 32.2. The molecule has 0 saturated carbocycles. The molecule has 1 aliphatic heterocycles. The summed E-state index contributed by atoms with van der Waals surface area (Å²) in [5.41, 5.74) is 3.80. The number of rotatable bonds is 10. The van der Waals surface area contributed by atoms with Gasteiger partial charge in [-0.3, -0.25) is 24.6 Å². The Morgan fingerprint density at radius 3 is 2.24 bits per heavy atom. The van der Waals surface area contributed by atoms with E-state index in [0.717, 1.165) is 44.2 Å². The smallest absolute Gasteiger partial charge is 0.293 e. The molecule has 0 bridgehead atoms. The van der Waals surface area contributed by atoms with Crippen LogP contribution in [0.25, 0.3) is 11.8 Å². The topological polar surface area (TPSA) is 104 Å². The first-order valence-electron chi connectivity index (χ1n) is 13.0. The number of carbonyl (C=O) groups excluding carboxylic acids is 2. The molecule has 3 aromatic carbocycles. The molecule has 214 valence electrons. The summed E-state index contributed by atoms with van der Waals surface area (Å²) in [6, 6.07) is 23.7. The van der Waals surface area contributed by atoms with Gasteiger partial charge in [0.25, 0.3) is 16.8 Å². The van der Waals surface area contributed by atoms with E-state index in [0.29, 0.717) is 16.4 Å². The van der Waals surface area contributed by atoms with Gasteiger partial charge in [0.1, 0.15) is 6.61 Å². The van der Waals surface area contributed by atoms with E-state index >= 15 is 0 Å².